The number of anilines is 3. The van der Waals surface area contributed by atoms with E-state index in [0.29, 0.717) is 11.4 Å². The van der Waals surface area contributed by atoms with Crippen LogP contribution >= 0.6 is 0 Å². The molecule has 3 N–H and O–H groups in total. The van der Waals surface area contributed by atoms with Gasteiger partial charge in [0.15, 0.2) is 23.2 Å². The lowest BCUT2D eigenvalue weighted by molar-refractivity contribution is 0.101. The van der Waals surface area contributed by atoms with Crippen molar-refractivity contribution in [2.45, 2.75) is 13.8 Å². The molecule has 0 bridgehead atoms. The van der Waals surface area contributed by atoms with Crippen molar-refractivity contribution in [3.05, 3.63) is 65.6 Å². The smallest absolute Gasteiger partial charge is 0.235 e. The van der Waals surface area contributed by atoms with Gasteiger partial charge in [0.05, 0.1) is 5.52 Å². The van der Waals surface area contributed by atoms with E-state index in [0.717, 1.165) is 37.9 Å². The molecule has 3 heterocycles. The predicted octanol–water partition coefficient (Wildman–Crippen LogP) is 4.69. The number of benzene rings is 2. The fraction of sp³-hybridized carbons (Fsp3) is 0.240. The van der Waals surface area contributed by atoms with Gasteiger partial charge in [-0.2, -0.15) is 0 Å². The molecule has 2 aromatic heterocycles. The molecule has 0 spiro atoms. The van der Waals surface area contributed by atoms with Gasteiger partial charge < -0.3 is 25.3 Å². The fourth-order valence-electron chi connectivity index (χ4n) is 4.19. The van der Waals surface area contributed by atoms with Crippen molar-refractivity contribution in [3.8, 4) is 11.6 Å². The maximum absolute atomic E-state index is 15.1. The number of fused-ring (bicyclic) bond motifs is 1. The van der Waals surface area contributed by atoms with E-state index in [1.54, 1.807) is 6.92 Å². The molecule has 1 saturated heterocycles. The quantitative estimate of drug-likeness (QED) is 0.346. The molecule has 1 aliphatic rings. The first-order valence-electron chi connectivity index (χ1n) is 11.2. The number of aromatic nitrogens is 3. The number of hydrogen-bond donors (Lipinski definition) is 3. The van der Waals surface area contributed by atoms with Crippen LogP contribution in [0.25, 0.3) is 10.9 Å². The summed E-state index contributed by atoms with van der Waals surface area (Å²) in [6.45, 7) is 6.77. The number of ketones is 1. The number of rotatable bonds is 6. The Bertz CT molecular complexity index is 1400. The second kappa shape index (κ2) is 9.30. The molecule has 2 aromatic carbocycles. The van der Waals surface area contributed by atoms with Gasteiger partial charge in [-0.25, -0.2) is 18.7 Å². The van der Waals surface area contributed by atoms with Crippen LogP contribution in [0, 0.1) is 18.6 Å². The van der Waals surface area contributed by atoms with E-state index < -0.39 is 11.6 Å². The van der Waals surface area contributed by atoms with Crippen LogP contribution in [0.1, 0.15) is 23.0 Å². The minimum Gasteiger partial charge on any atom is -0.435 e. The Morgan fingerprint density at radius 3 is 2.57 bits per heavy atom. The highest BCUT2D eigenvalue weighted by Gasteiger charge is 2.22. The first-order chi connectivity index (χ1) is 16.9. The summed E-state index contributed by atoms with van der Waals surface area (Å²) in [6, 6.07) is 10.2. The largest absolute Gasteiger partial charge is 0.435 e. The average molecular weight is 479 g/mol. The van der Waals surface area contributed by atoms with Crippen molar-refractivity contribution in [1.29, 1.82) is 0 Å². The summed E-state index contributed by atoms with van der Waals surface area (Å²) in [5, 5.41) is 6.49. The molecule has 1 fully saturated rings. The van der Waals surface area contributed by atoms with Gasteiger partial charge in [-0.05, 0) is 44.2 Å². The standard InChI is InChI=1S/C25H24F2N6O2/c1-14-11-18-22(27)20(12-19(26)23(18)31-14)35-25-21(15(2)34)24(29-13-30-25)32-16-3-5-17(6-4-16)33-9-7-28-8-10-33/h3-6,11-13,28,31H,7-10H2,1-2H3,(H,29,30,32). The van der Waals surface area contributed by atoms with E-state index in [9.17, 15) is 9.18 Å². The van der Waals surface area contributed by atoms with Crippen LogP contribution < -0.4 is 20.3 Å². The molecule has 180 valence electrons. The van der Waals surface area contributed by atoms with E-state index in [1.807, 2.05) is 24.3 Å². The van der Waals surface area contributed by atoms with Crippen molar-refractivity contribution >= 4 is 33.9 Å². The van der Waals surface area contributed by atoms with Gasteiger partial charge in [0.2, 0.25) is 5.88 Å². The molecule has 10 heteroatoms. The third-order valence-electron chi connectivity index (χ3n) is 5.89. The van der Waals surface area contributed by atoms with E-state index in [4.69, 9.17) is 4.74 Å². The molecule has 0 saturated carbocycles. The molecule has 0 atom stereocenters. The van der Waals surface area contributed by atoms with Crippen LogP contribution in [0.15, 0.2) is 42.7 Å². The lowest BCUT2D eigenvalue weighted by atomic mass is 10.2. The van der Waals surface area contributed by atoms with E-state index in [1.165, 1.54) is 19.3 Å². The van der Waals surface area contributed by atoms with Crippen LogP contribution in [-0.2, 0) is 0 Å². The zero-order chi connectivity index (χ0) is 24.5. The van der Waals surface area contributed by atoms with E-state index >= 15 is 4.39 Å². The van der Waals surface area contributed by atoms with Crippen molar-refractivity contribution in [3.63, 3.8) is 0 Å². The third-order valence-corrected chi connectivity index (χ3v) is 5.89. The number of nitrogens with zero attached hydrogens (tertiary/aromatic N) is 3. The molecule has 0 amide bonds. The topological polar surface area (TPSA) is 95.2 Å². The fourth-order valence-corrected chi connectivity index (χ4v) is 4.19. The number of carbonyl (C=O) groups is 1. The molecule has 35 heavy (non-hydrogen) atoms. The molecular formula is C25H24F2N6O2. The van der Waals surface area contributed by atoms with Gasteiger partial charge in [0.25, 0.3) is 0 Å². The maximum Gasteiger partial charge on any atom is 0.235 e. The number of hydrogen-bond acceptors (Lipinski definition) is 7. The summed E-state index contributed by atoms with van der Waals surface area (Å²) in [5.74, 6) is -2.15. The predicted molar refractivity (Wildman–Crippen MR) is 130 cm³/mol. The van der Waals surface area contributed by atoms with Crippen molar-refractivity contribution in [2.75, 3.05) is 36.4 Å². The number of H-pyrrole nitrogens is 1. The number of nitrogens with one attached hydrogen (secondary N) is 3. The number of ether oxygens (including phenoxy) is 1. The maximum atomic E-state index is 15.1. The second-order valence-corrected chi connectivity index (χ2v) is 8.38. The van der Waals surface area contributed by atoms with E-state index in [2.05, 4.69) is 30.5 Å². The number of piperazine rings is 1. The van der Waals surface area contributed by atoms with Crippen molar-refractivity contribution in [2.24, 2.45) is 0 Å². The minimum atomic E-state index is -0.753. The monoisotopic (exact) mass is 478 g/mol. The summed E-state index contributed by atoms with van der Waals surface area (Å²) in [4.78, 5) is 25.8. The highest BCUT2D eigenvalue weighted by atomic mass is 19.1. The molecule has 4 aromatic rings. The zero-order valence-electron chi connectivity index (χ0n) is 19.3. The SMILES string of the molecule is CC(=O)c1c(Nc2ccc(N3CCNCC3)cc2)ncnc1Oc1cc(F)c2[nH]c(C)cc2c1F. The summed E-state index contributed by atoms with van der Waals surface area (Å²) >= 11 is 0. The molecule has 0 radical (unpaired) electrons. The molecule has 0 aliphatic carbocycles. The summed E-state index contributed by atoms with van der Waals surface area (Å²) in [7, 11) is 0. The van der Waals surface area contributed by atoms with Crippen LogP contribution in [-0.4, -0.2) is 46.9 Å². The number of aryl methyl sites for hydroxylation is 1. The average Bonchev–Trinajstić information content (AvgIpc) is 3.26. The molecule has 5 rings (SSSR count). The molecule has 8 nitrogen and oxygen atoms in total. The van der Waals surface area contributed by atoms with Crippen LogP contribution in [0.5, 0.6) is 11.6 Å². The first-order valence-corrected chi connectivity index (χ1v) is 11.2. The Morgan fingerprint density at radius 2 is 1.86 bits per heavy atom. The summed E-state index contributed by atoms with van der Waals surface area (Å²) in [6.07, 6.45) is 1.20. The van der Waals surface area contributed by atoms with Gasteiger partial charge in [-0.1, -0.05) is 0 Å². The number of halogens is 2. The Labute approximate surface area is 200 Å². The Morgan fingerprint density at radius 1 is 1.11 bits per heavy atom. The zero-order valence-corrected chi connectivity index (χ0v) is 19.3. The Kier molecular flexibility index (Phi) is 6.04. The normalized spacial score (nSPS) is 13.8. The third kappa shape index (κ3) is 4.52. The summed E-state index contributed by atoms with van der Waals surface area (Å²) in [5.41, 5.74) is 2.49. The highest BCUT2D eigenvalue weighted by molar-refractivity contribution is 6.01. The van der Waals surface area contributed by atoms with Crippen molar-refractivity contribution < 1.29 is 18.3 Å². The molecular weight excluding hydrogens is 454 g/mol. The van der Waals surface area contributed by atoms with Gasteiger partial charge >= 0.3 is 0 Å². The van der Waals surface area contributed by atoms with Crippen LogP contribution in [0.4, 0.5) is 26.0 Å². The van der Waals surface area contributed by atoms with Gasteiger partial charge in [0, 0.05) is 54.7 Å². The number of Topliss-reactive ketones (excluding diaryl/α,β-unsaturated/α-hetero) is 1. The van der Waals surface area contributed by atoms with Gasteiger partial charge in [-0.3, -0.25) is 4.79 Å². The lowest BCUT2D eigenvalue weighted by Gasteiger charge is -2.29. The van der Waals surface area contributed by atoms with Gasteiger partial charge in [-0.15, -0.1) is 0 Å². The first kappa shape index (κ1) is 22.7. The van der Waals surface area contributed by atoms with Crippen LogP contribution in [0.2, 0.25) is 0 Å². The second-order valence-electron chi connectivity index (χ2n) is 8.38. The van der Waals surface area contributed by atoms with Crippen molar-refractivity contribution in [1.82, 2.24) is 20.3 Å². The molecule has 1 aliphatic heterocycles. The van der Waals surface area contributed by atoms with Gasteiger partial charge in [0.1, 0.15) is 17.7 Å². The van der Waals surface area contributed by atoms with E-state index in [-0.39, 0.29) is 39.7 Å². The Hall–Kier alpha value is -4.05. The highest BCUT2D eigenvalue weighted by Crippen LogP contribution is 2.35. The minimum absolute atomic E-state index is 0.0313. The lowest BCUT2D eigenvalue weighted by Crippen LogP contribution is -2.43. The summed E-state index contributed by atoms with van der Waals surface area (Å²) < 4.78 is 35.2. The van der Waals surface area contributed by atoms with Crippen LogP contribution in [0.3, 0.4) is 0 Å². The number of carbonyl (C=O) groups excluding carboxylic acids is 1. The Balaban J connectivity index is 1.44. The number of aromatic amines is 1. The molecule has 0 unspecified atom stereocenters.